The van der Waals surface area contributed by atoms with Crippen LogP contribution in [0.5, 0.6) is 0 Å². The molecule has 2 N–H and O–H groups in total. The van der Waals surface area contributed by atoms with Crippen molar-refractivity contribution in [1.29, 1.82) is 0 Å². The molecule has 0 saturated carbocycles. The lowest BCUT2D eigenvalue weighted by Gasteiger charge is -2.08. The standard InChI is InChI=1S/C12H12N4O2S/c1-7(17)13-10-6-4-3-5-9(10)11(18)14-12-16-15-8(2)19-12/h3-6H,1-2H3,(H,13,17)(H,14,16,18). The molecule has 1 heterocycles. The Balaban J connectivity index is 2.21. The second-order valence-corrected chi connectivity index (χ2v) is 4.99. The zero-order chi connectivity index (χ0) is 13.8. The van der Waals surface area contributed by atoms with Crippen molar-refractivity contribution >= 4 is 34.0 Å². The quantitative estimate of drug-likeness (QED) is 0.898. The molecule has 1 aromatic carbocycles. The van der Waals surface area contributed by atoms with Crippen LogP contribution < -0.4 is 10.6 Å². The second-order valence-electron chi connectivity index (χ2n) is 3.81. The Kier molecular flexibility index (Phi) is 3.86. The molecule has 0 spiro atoms. The first-order valence-corrected chi connectivity index (χ1v) is 6.36. The monoisotopic (exact) mass is 276 g/mol. The number of hydrogen-bond acceptors (Lipinski definition) is 5. The fourth-order valence-corrected chi connectivity index (χ4v) is 2.08. The molecule has 2 amide bonds. The van der Waals surface area contributed by atoms with Crippen LogP contribution >= 0.6 is 11.3 Å². The van der Waals surface area contributed by atoms with Gasteiger partial charge in [-0.25, -0.2) is 0 Å². The van der Waals surface area contributed by atoms with E-state index < -0.39 is 0 Å². The van der Waals surface area contributed by atoms with E-state index in [4.69, 9.17) is 0 Å². The normalized spacial score (nSPS) is 10.0. The first-order chi connectivity index (χ1) is 9.06. The van der Waals surface area contributed by atoms with Gasteiger partial charge in [0, 0.05) is 6.92 Å². The number of benzene rings is 1. The smallest absolute Gasteiger partial charge is 0.259 e. The fourth-order valence-electron chi connectivity index (χ4n) is 1.49. The number of nitrogens with zero attached hydrogens (tertiary/aromatic N) is 2. The minimum atomic E-state index is -0.333. The van der Waals surface area contributed by atoms with Gasteiger partial charge in [0.1, 0.15) is 5.01 Å². The third-order valence-electron chi connectivity index (χ3n) is 2.23. The summed E-state index contributed by atoms with van der Waals surface area (Å²) in [5.41, 5.74) is 0.847. The van der Waals surface area contributed by atoms with E-state index in [2.05, 4.69) is 20.8 Å². The molecule has 0 fully saturated rings. The SMILES string of the molecule is CC(=O)Nc1ccccc1C(=O)Nc1nnc(C)s1. The molecule has 0 aliphatic carbocycles. The molecule has 0 atom stereocenters. The van der Waals surface area contributed by atoms with Crippen molar-refractivity contribution in [3.05, 3.63) is 34.8 Å². The number of carbonyl (C=O) groups is 2. The first-order valence-electron chi connectivity index (χ1n) is 5.54. The van der Waals surface area contributed by atoms with Crippen LogP contribution in [0.25, 0.3) is 0 Å². The van der Waals surface area contributed by atoms with Crippen molar-refractivity contribution in [2.75, 3.05) is 10.6 Å². The number of nitrogens with one attached hydrogen (secondary N) is 2. The highest BCUT2D eigenvalue weighted by Gasteiger charge is 2.13. The first kappa shape index (κ1) is 13.2. The van der Waals surface area contributed by atoms with Gasteiger partial charge < -0.3 is 5.32 Å². The van der Waals surface area contributed by atoms with E-state index in [1.807, 2.05) is 0 Å². The van der Waals surface area contributed by atoms with Crippen LogP contribution in [0.4, 0.5) is 10.8 Å². The second kappa shape index (κ2) is 5.57. The molecule has 6 nitrogen and oxygen atoms in total. The molecule has 0 unspecified atom stereocenters. The summed E-state index contributed by atoms with van der Waals surface area (Å²) in [5.74, 6) is -0.562. The van der Waals surface area contributed by atoms with Crippen LogP contribution in [0, 0.1) is 6.92 Å². The summed E-state index contributed by atoms with van der Waals surface area (Å²) < 4.78 is 0. The Morgan fingerprint density at radius 3 is 2.53 bits per heavy atom. The zero-order valence-electron chi connectivity index (χ0n) is 10.4. The Bertz CT molecular complexity index is 624. The molecule has 19 heavy (non-hydrogen) atoms. The maximum atomic E-state index is 12.1. The summed E-state index contributed by atoms with van der Waals surface area (Å²) in [4.78, 5) is 23.2. The molecule has 2 aromatic rings. The van der Waals surface area contributed by atoms with Crippen molar-refractivity contribution in [3.63, 3.8) is 0 Å². The molecule has 0 aliphatic rings. The van der Waals surface area contributed by atoms with Crippen LogP contribution in [-0.4, -0.2) is 22.0 Å². The third-order valence-corrected chi connectivity index (χ3v) is 2.98. The van der Waals surface area contributed by atoms with Crippen LogP contribution in [0.15, 0.2) is 24.3 Å². The van der Waals surface area contributed by atoms with Gasteiger partial charge in [0.05, 0.1) is 11.3 Å². The predicted molar refractivity (Wildman–Crippen MR) is 73.3 cm³/mol. The third kappa shape index (κ3) is 3.35. The number of amides is 2. The summed E-state index contributed by atoms with van der Waals surface area (Å²) in [6, 6.07) is 6.78. The molecular weight excluding hydrogens is 264 g/mol. The van der Waals surface area contributed by atoms with Gasteiger partial charge in [0.15, 0.2) is 0 Å². The lowest BCUT2D eigenvalue weighted by molar-refractivity contribution is -0.114. The van der Waals surface area contributed by atoms with Crippen LogP contribution in [0.1, 0.15) is 22.3 Å². The van der Waals surface area contributed by atoms with E-state index in [-0.39, 0.29) is 11.8 Å². The highest BCUT2D eigenvalue weighted by atomic mass is 32.1. The number of hydrogen-bond donors (Lipinski definition) is 2. The Morgan fingerprint density at radius 1 is 1.16 bits per heavy atom. The van der Waals surface area contributed by atoms with E-state index in [0.29, 0.717) is 16.4 Å². The van der Waals surface area contributed by atoms with Gasteiger partial charge in [0.2, 0.25) is 11.0 Å². The van der Waals surface area contributed by atoms with E-state index in [1.165, 1.54) is 18.3 Å². The van der Waals surface area contributed by atoms with Crippen LogP contribution in [0.2, 0.25) is 0 Å². The van der Waals surface area contributed by atoms with E-state index in [1.54, 1.807) is 31.2 Å². The Labute approximate surface area is 113 Å². The van der Waals surface area contributed by atoms with Crippen LogP contribution in [0.3, 0.4) is 0 Å². The van der Waals surface area contributed by atoms with Gasteiger partial charge in [0.25, 0.3) is 5.91 Å². The number of aryl methyl sites for hydroxylation is 1. The molecule has 0 aliphatic heterocycles. The zero-order valence-corrected chi connectivity index (χ0v) is 11.2. The number of carbonyl (C=O) groups excluding carboxylic acids is 2. The highest BCUT2D eigenvalue weighted by Crippen LogP contribution is 2.19. The molecule has 0 radical (unpaired) electrons. The maximum absolute atomic E-state index is 12.1. The van der Waals surface area contributed by atoms with Gasteiger partial charge in [-0.15, -0.1) is 10.2 Å². The molecular formula is C12H12N4O2S. The van der Waals surface area contributed by atoms with E-state index in [0.717, 1.165) is 5.01 Å². The van der Waals surface area contributed by atoms with Gasteiger partial charge in [-0.1, -0.05) is 23.5 Å². The van der Waals surface area contributed by atoms with Gasteiger partial charge in [-0.3, -0.25) is 14.9 Å². The van der Waals surface area contributed by atoms with Crippen molar-refractivity contribution in [3.8, 4) is 0 Å². The summed E-state index contributed by atoms with van der Waals surface area (Å²) in [7, 11) is 0. The minimum Gasteiger partial charge on any atom is -0.326 e. The lowest BCUT2D eigenvalue weighted by Crippen LogP contribution is -2.16. The average Bonchev–Trinajstić information content (AvgIpc) is 2.74. The minimum absolute atomic E-state index is 0.230. The summed E-state index contributed by atoms with van der Waals surface area (Å²) >= 11 is 1.29. The topological polar surface area (TPSA) is 84.0 Å². The number of aromatic nitrogens is 2. The van der Waals surface area contributed by atoms with Crippen LogP contribution in [-0.2, 0) is 4.79 Å². The van der Waals surface area contributed by atoms with E-state index >= 15 is 0 Å². The van der Waals surface area contributed by atoms with Crippen molar-refractivity contribution < 1.29 is 9.59 Å². The number of anilines is 2. The molecule has 1 aromatic heterocycles. The molecule has 2 rings (SSSR count). The summed E-state index contributed by atoms with van der Waals surface area (Å²) in [5, 5.41) is 14.1. The van der Waals surface area contributed by atoms with Gasteiger partial charge in [-0.2, -0.15) is 0 Å². The number of rotatable bonds is 3. The largest absolute Gasteiger partial charge is 0.326 e. The van der Waals surface area contributed by atoms with Gasteiger partial charge >= 0.3 is 0 Å². The molecule has 0 bridgehead atoms. The Morgan fingerprint density at radius 2 is 1.89 bits per heavy atom. The maximum Gasteiger partial charge on any atom is 0.259 e. The summed E-state index contributed by atoms with van der Waals surface area (Å²) in [6.07, 6.45) is 0. The average molecular weight is 276 g/mol. The predicted octanol–water partition coefficient (Wildman–Crippen LogP) is 2.06. The molecule has 98 valence electrons. The van der Waals surface area contributed by atoms with Gasteiger partial charge in [-0.05, 0) is 19.1 Å². The Hall–Kier alpha value is -2.28. The summed E-state index contributed by atoms with van der Waals surface area (Å²) in [6.45, 7) is 3.20. The highest BCUT2D eigenvalue weighted by molar-refractivity contribution is 7.15. The lowest BCUT2D eigenvalue weighted by atomic mass is 10.1. The number of para-hydroxylation sites is 1. The van der Waals surface area contributed by atoms with Crippen molar-refractivity contribution in [1.82, 2.24) is 10.2 Å². The van der Waals surface area contributed by atoms with Crippen molar-refractivity contribution in [2.24, 2.45) is 0 Å². The van der Waals surface area contributed by atoms with E-state index in [9.17, 15) is 9.59 Å². The molecule has 7 heteroatoms. The van der Waals surface area contributed by atoms with Crippen molar-refractivity contribution in [2.45, 2.75) is 13.8 Å². The fraction of sp³-hybridized carbons (Fsp3) is 0.167. The molecule has 0 saturated heterocycles.